The molecular weight excluding hydrogens is 476 g/mol. The molecule has 0 bridgehead atoms. The fraction of sp³-hybridized carbons (Fsp3) is 0.292. The van der Waals surface area contributed by atoms with E-state index in [0.717, 1.165) is 22.0 Å². The van der Waals surface area contributed by atoms with Crippen molar-refractivity contribution in [1.82, 2.24) is 14.5 Å². The number of ether oxygens (including phenoxy) is 2. The van der Waals surface area contributed by atoms with Crippen molar-refractivity contribution < 1.29 is 19.1 Å². The first-order chi connectivity index (χ1) is 16.3. The van der Waals surface area contributed by atoms with Gasteiger partial charge in [0.25, 0.3) is 5.91 Å². The Balaban J connectivity index is 1.60. The lowest BCUT2D eigenvalue weighted by Crippen LogP contribution is -2.39. The van der Waals surface area contributed by atoms with E-state index in [-0.39, 0.29) is 18.2 Å². The second kappa shape index (κ2) is 9.90. The van der Waals surface area contributed by atoms with Crippen molar-refractivity contribution in [3.63, 3.8) is 0 Å². The molecule has 2 amide bonds. The van der Waals surface area contributed by atoms with Gasteiger partial charge in [0.05, 0.1) is 29.4 Å². The molecule has 0 aliphatic carbocycles. The minimum absolute atomic E-state index is 0.165. The van der Waals surface area contributed by atoms with E-state index in [9.17, 15) is 9.59 Å². The number of halogens is 1. The molecule has 3 heterocycles. The van der Waals surface area contributed by atoms with Crippen molar-refractivity contribution in [3.05, 3.63) is 63.9 Å². The Labute approximate surface area is 206 Å². The van der Waals surface area contributed by atoms with Crippen LogP contribution in [-0.4, -0.2) is 46.1 Å². The number of thiophene rings is 1. The largest absolute Gasteiger partial charge is 0.484 e. The summed E-state index contributed by atoms with van der Waals surface area (Å²) in [6.45, 7) is 3.96. The van der Waals surface area contributed by atoms with Gasteiger partial charge in [-0.1, -0.05) is 29.8 Å². The van der Waals surface area contributed by atoms with Crippen molar-refractivity contribution in [3.8, 4) is 16.3 Å². The SMILES string of the molecule is CCOC(=O)N(C)C1C=Cn2c(-c3cc(OC(C)c4ccccc4Cl)c(C(N)=O)s3)cnc2C1. The van der Waals surface area contributed by atoms with Crippen LogP contribution < -0.4 is 10.5 Å². The monoisotopic (exact) mass is 500 g/mol. The van der Waals surface area contributed by atoms with E-state index in [4.69, 9.17) is 26.8 Å². The standard InChI is InChI=1S/C24H25ClN4O4S/c1-4-32-24(31)28(3)15-9-10-29-18(13-27-21(29)11-15)20-12-19(22(34-20)23(26)30)33-14(2)16-7-5-6-8-17(16)25/h5-10,12-15H,4,11H2,1-3H3,(H2,26,30). The Morgan fingerprint density at radius 3 is 2.85 bits per heavy atom. The number of primary amides is 1. The zero-order valence-corrected chi connectivity index (χ0v) is 20.6. The lowest BCUT2D eigenvalue weighted by atomic mass is 10.1. The van der Waals surface area contributed by atoms with Crippen LogP contribution in [0.3, 0.4) is 0 Å². The lowest BCUT2D eigenvalue weighted by Gasteiger charge is -2.27. The normalized spacial score (nSPS) is 15.5. The van der Waals surface area contributed by atoms with E-state index < -0.39 is 5.91 Å². The van der Waals surface area contributed by atoms with E-state index in [1.165, 1.54) is 11.3 Å². The zero-order chi connectivity index (χ0) is 24.4. The molecule has 3 aromatic rings. The number of hydrogen-bond donors (Lipinski definition) is 1. The van der Waals surface area contributed by atoms with Crippen molar-refractivity contribution in [2.24, 2.45) is 5.73 Å². The number of imidazole rings is 1. The van der Waals surface area contributed by atoms with Gasteiger partial charge in [-0.25, -0.2) is 9.78 Å². The summed E-state index contributed by atoms with van der Waals surface area (Å²) in [6, 6.07) is 9.04. The number of benzene rings is 1. The van der Waals surface area contributed by atoms with Crippen molar-refractivity contribution >= 4 is 41.1 Å². The van der Waals surface area contributed by atoms with Gasteiger partial charge in [-0.2, -0.15) is 0 Å². The molecule has 2 unspecified atom stereocenters. The summed E-state index contributed by atoms with van der Waals surface area (Å²) in [5.41, 5.74) is 7.26. The van der Waals surface area contributed by atoms with Crippen LogP contribution in [0.25, 0.3) is 16.8 Å². The van der Waals surface area contributed by atoms with E-state index >= 15 is 0 Å². The van der Waals surface area contributed by atoms with E-state index in [1.54, 1.807) is 37.2 Å². The molecule has 1 aromatic carbocycles. The number of carbonyl (C=O) groups excluding carboxylic acids is 2. The maximum absolute atomic E-state index is 12.2. The molecule has 34 heavy (non-hydrogen) atoms. The summed E-state index contributed by atoms with van der Waals surface area (Å²) < 4.78 is 13.1. The third-order valence-electron chi connectivity index (χ3n) is 5.60. The van der Waals surface area contributed by atoms with E-state index in [2.05, 4.69) is 4.98 Å². The average Bonchev–Trinajstić information content (AvgIpc) is 3.42. The number of amides is 2. The maximum atomic E-state index is 12.2. The molecule has 0 fully saturated rings. The highest BCUT2D eigenvalue weighted by Gasteiger charge is 2.27. The van der Waals surface area contributed by atoms with Gasteiger partial charge in [-0.3, -0.25) is 4.79 Å². The Hall–Kier alpha value is -3.30. The third-order valence-corrected chi connectivity index (χ3v) is 7.09. The van der Waals surface area contributed by atoms with Crippen LogP contribution in [0.2, 0.25) is 5.02 Å². The highest BCUT2D eigenvalue weighted by atomic mass is 35.5. The van der Waals surface area contributed by atoms with Crippen molar-refractivity contribution in [1.29, 1.82) is 0 Å². The van der Waals surface area contributed by atoms with Gasteiger partial charge < -0.3 is 24.7 Å². The van der Waals surface area contributed by atoms with Crippen LogP contribution >= 0.6 is 22.9 Å². The predicted octanol–water partition coefficient (Wildman–Crippen LogP) is 4.99. The molecule has 178 valence electrons. The van der Waals surface area contributed by atoms with Gasteiger partial charge in [0.2, 0.25) is 0 Å². The van der Waals surface area contributed by atoms with E-state index in [1.807, 2.05) is 42.0 Å². The van der Waals surface area contributed by atoms with Crippen LogP contribution in [0.4, 0.5) is 4.79 Å². The molecule has 10 heteroatoms. The number of carbonyl (C=O) groups is 2. The molecule has 4 rings (SSSR count). The average molecular weight is 501 g/mol. The van der Waals surface area contributed by atoms with E-state index in [0.29, 0.717) is 28.7 Å². The Bertz CT molecular complexity index is 1250. The lowest BCUT2D eigenvalue weighted by molar-refractivity contribution is 0.0997. The molecule has 1 aliphatic heterocycles. The Morgan fingerprint density at radius 2 is 2.15 bits per heavy atom. The third kappa shape index (κ3) is 4.67. The summed E-state index contributed by atoms with van der Waals surface area (Å²) >= 11 is 7.55. The molecule has 0 saturated heterocycles. The second-order valence-electron chi connectivity index (χ2n) is 7.80. The Morgan fingerprint density at radius 1 is 1.38 bits per heavy atom. The number of aromatic nitrogens is 2. The smallest absolute Gasteiger partial charge is 0.409 e. The fourth-order valence-corrected chi connectivity index (χ4v) is 5.02. The van der Waals surface area contributed by atoms with Gasteiger partial charge in [-0.05, 0) is 26.0 Å². The molecule has 0 radical (unpaired) electrons. The number of rotatable bonds is 7. The number of hydrogen-bond acceptors (Lipinski definition) is 6. The van der Waals surface area contributed by atoms with Crippen LogP contribution in [-0.2, 0) is 11.2 Å². The predicted molar refractivity (Wildman–Crippen MR) is 132 cm³/mol. The highest BCUT2D eigenvalue weighted by molar-refractivity contribution is 7.17. The molecule has 2 atom stereocenters. The number of likely N-dealkylation sites (N-methyl/N-ethyl adjacent to an activating group) is 1. The van der Waals surface area contributed by atoms with Crippen molar-refractivity contribution in [2.75, 3.05) is 13.7 Å². The van der Waals surface area contributed by atoms with Gasteiger partial charge in [0, 0.05) is 36.3 Å². The van der Waals surface area contributed by atoms with Gasteiger partial charge >= 0.3 is 6.09 Å². The second-order valence-corrected chi connectivity index (χ2v) is 9.26. The van der Waals surface area contributed by atoms with Crippen LogP contribution in [0.15, 0.2) is 42.6 Å². The minimum atomic E-state index is -0.567. The zero-order valence-electron chi connectivity index (χ0n) is 19.0. The van der Waals surface area contributed by atoms with Gasteiger partial charge in [0.15, 0.2) is 0 Å². The molecule has 0 saturated carbocycles. The van der Waals surface area contributed by atoms with Crippen LogP contribution in [0, 0.1) is 0 Å². The number of fused-ring (bicyclic) bond motifs is 1. The first kappa shape index (κ1) is 23.8. The molecule has 8 nitrogen and oxygen atoms in total. The van der Waals surface area contributed by atoms with Crippen molar-refractivity contribution in [2.45, 2.75) is 32.4 Å². The maximum Gasteiger partial charge on any atom is 0.409 e. The van der Waals surface area contributed by atoms with Gasteiger partial charge in [0.1, 0.15) is 22.6 Å². The first-order valence-corrected chi connectivity index (χ1v) is 12.0. The summed E-state index contributed by atoms with van der Waals surface area (Å²) in [7, 11) is 1.70. The van der Waals surface area contributed by atoms with Crippen LogP contribution in [0.1, 0.15) is 41.0 Å². The molecular formula is C24H25ClN4O4S. The summed E-state index contributed by atoms with van der Waals surface area (Å²) in [6.07, 6.45) is 5.31. The molecule has 2 N–H and O–H groups in total. The summed E-state index contributed by atoms with van der Waals surface area (Å²) in [4.78, 5) is 31.4. The number of nitrogens with zero attached hydrogens (tertiary/aromatic N) is 3. The molecule has 0 spiro atoms. The first-order valence-electron chi connectivity index (χ1n) is 10.8. The topological polar surface area (TPSA) is 99.7 Å². The molecule has 2 aromatic heterocycles. The highest BCUT2D eigenvalue weighted by Crippen LogP contribution is 2.39. The minimum Gasteiger partial charge on any atom is -0.484 e. The van der Waals surface area contributed by atoms with Gasteiger partial charge in [-0.15, -0.1) is 11.3 Å². The fourth-order valence-electron chi connectivity index (χ4n) is 3.78. The molecule has 1 aliphatic rings. The van der Waals surface area contributed by atoms with Crippen LogP contribution in [0.5, 0.6) is 5.75 Å². The summed E-state index contributed by atoms with van der Waals surface area (Å²) in [5, 5.41) is 0.586. The number of nitrogens with two attached hydrogens (primary N) is 1. The summed E-state index contributed by atoms with van der Waals surface area (Å²) in [5.74, 6) is 0.623. The quantitative estimate of drug-likeness (QED) is 0.492. The Kier molecular flexibility index (Phi) is 6.95.